The summed E-state index contributed by atoms with van der Waals surface area (Å²) in [6.07, 6.45) is 0. The van der Waals surface area contributed by atoms with Gasteiger partial charge in [0.05, 0.1) is 6.04 Å². The smallest absolute Gasteiger partial charge is 0.326 e. The Morgan fingerprint density at radius 2 is 1.47 bits per heavy atom. The third-order valence-corrected chi connectivity index (χ3v) is 5.63. The van der Waals surface area contributed by atoms with E-state index in [2.05, 4.69) is 11.9 Å². The molecule has 0 aromatic heterocycles. The van der Waals surface area contributed by atoms with Gasteiger partial charge in [0.25, 0.3) is 5.91 Å². The summed E-state index contributed by atoms with van der Waals surface area (Å²) in [4.78, 5) is 28.2. The van der Waals surface area contributed by atoms with Crippen molar-refractivity contribution >= 4 is 11.9 Å². The van der Waals surface area contributed by atoms with E-state index in [1.54, 1.807) is 19.1 Å². The number of ether oxygens (including phenoxy) is 1. The van der Waals surface area contributed by atoms with E-state index in [1.165, 1.54) is 4.90 Å². The Bertz CT molecular complexity index is 1090. The van der Waals surface area contributed by atoms with Crippen molar-refractivity contribution in [1.29, 1.82) is 0 Å². The third-order valence-electron chi connectivity index (χ3n) is 5.63. The molecule has 0 bridgehead atoms. The van der Waals surface area contributed by atoms with Crippen LogP contribution in [0.4, 0.5) is 4.79 Å². The fraction of sp³-hybridized carbons (Fsp3) is 0.185. The molecule has 162 valence electrons. The topological polar surface area (TPSA) is 58.6 Å². The van der Waals surface area contributed by atoms with Crippen molar-refractivity contribution in [2.45, 2.75) is 25.4 Å². The number of benzene rings is 3. The van der Waals surface area contributed by atoms with Crippen LogP contribution in [0.15, 0.2) is 97.1 Å². The molecular weight excluding hydrogens is 400 g/mol. The Kier molecular flexibility index (Phi) is 5.82. The summed E-state index contributed by atoms with van der Waals surface area (Å²) in [5, 5.41) is 2.92. The van der Waals surface area contributed by atoms with Crippen LogP contribution in [0.5, 0.6) is 5.75 Å². The first-order valence-corrected chi connectivity index (χ1v) is 10.5. The van der Waals surface area contributed by atoms with Crippen molar-refractivity contribution in [3.8, 4) is 5.75 Å². The number of carbonyl (C=O) groups excluding carboxylic acids is 2. The summed E-state index contributed by atoms with van der Waals surface area (Å²) in [5.74, 6) is 0.385. The van der Waals surface area contributed by atoms with Gasteiger partial charge < -0.3 is 10.1 Å². The fourth-order valence-corrected chi connectivity index (χ4v) is 3.94. The first-order valence-electron chi connectivity index (χ1n) is 10.5. The van der Waals surface area contributed by atoms with Gasteiger partial charge in [0.1, 0.15) is 17.9 Å². The van der Waals surface area contributed by atoms with E-state index < -0.39 is 17.6 Å². The molecule has 1 aliphatic heterocycles. The predicted octanol–water partition coefficient (Wildman–Crippen LogP) is 5.20. The number of imide groups is 1. The van der Waals surface area contributed by atoms with E-state index in [4.69, 9.17) is 4.74 Å². The molecule has 0 saturated carbocycles. The molecule has 3 amide bonds. The lowest BCUT2D eigenvalue weighted by Gasteiger charge is -2.28. The molecule has 0 radical (unpaired) electrons. The summed E-state index contributed by atoms with van der Waals surface area (Å²) < 4.78 is 5.66. The van der Waals surface area contributed by atoms with E-state index in [-0.39, 0.29) is 5.91 Å². The molecule has 3 aromatic rings. The molecule has 0 aliphatic carbocycles. The molecule has 1 unspecified atom stereocenters. The summed E-state index contributed by atoms with van der Waals surface area (Å²) in [6.45, 7) is 7.89. The van der Waals surface area contributed by atoms with Crippen LogP contribution >= 0.6 is 0 Å². The number of rotatable bonds is 7. The van der Waals surface area contributed by atoms with Gasteiger partial charge in [-0.15, -0.1) is 0 Å². The number of nitrogens with zero attached hydrogens (tertiary/aromatic N) is 1. The SMILES string of the molecule is C=C(C)COc1ccc(C2(C)NC(=O)N(C(c3ccccc3)c3ccccc3)C2=O)cc1. The summed E-state index contributed by atoms with van der Waals surface area (Å²) in [6, 6.07) is 25.5. The molecule has 4 rings (SSSR count). The van der Waals surface area contributed by atoms with Crippen LogP contribution in [0.2, 0.25) is 0 Å². The fourth-order valence-electron chi connectivity index (χ4n) is 3.94. The molecule has 1 fully saturated rings. The first-order chi connectivity index (χ1) is 15.4. The lowest BCUT2D eigenvalue weighted by molar-refractivity contribution is -0.132. The zero-order valence-corrected chi connectivity index (χ0v) is 18.2. The molecule has 32 heavy (non-hydrogen) atoms. The maximum atomic E-state index is 13.7. The van der Waals surface area contributed by atoms with Gasteiger partial charge in [-0.2, -0.15) is 0 Å². The maximum Gasteiger partial charge on any atom is 0.326 e. The number of nitrogens with one attached hydrogen (secondary N) is 1. The van der Waals surface area contributed by atoms with E-state index in [1.807, 2.05) is 79.7 Å². The van der Waals surface area contributed by atoms with E-state index in [0.29, 0.717) is 17.9 Å². The molecule has 1 N–H and O–H groups in total. The third kappa shape index (κ3) is 4.02. The summed E-state index contributed by atoms with van der Waals surface area (Å²) >= 11 is 0. The van der Waals surface area contributed by atoms with Crippen molar-refractivity contribution in [3.63, 3.8) is 0 Å². The average Bonchev–Trinajstić information content (AvgIpc) is 3.04. The van der Waals surface area contributed by atoms with Gasteiger partial charge in [0.15, 0.2) is 0 Å². The zero-order chi connectivity index (χ0) is 22.7. The lowest BCUT2D eigenvalue weighted by Crippen LogP contribution is -2.41. The number of carbonyl (C=O) groups is 2. The molecule has 5 heteroatoms. The highest BCUT2D eigenvalue weighted by molar-refractivity contribution is 6.07. The van der Waals surface area contributed by atoms with E-state index >= 15 is 0 Å². The monoisotopic (exact) mass is 426 g/mol. The van der Waals surface area contributed by atoms with Crippen LogP contribution in [0.3, 0.4) is 0 Å². The van der Waals surface area contributed by atoms with Crippen LogP contribution < -0.4 is 10.1 Å². The first kappa shape index (κ1) is 21.4. The maximum absolute atomic E-state index is 13.7. The van der Waals surface area contributed by atoms with Gasteiger partial charge in [-0.3, -0.25) is 9.69 Å². The molecule has 0 spiro atoms. The highest BCUT2D eigenvalue weighted by Gasteiger charge is 2.51. The highest BCUT2D eigenvalue weighted by Crippen LogP contribution is 2.37. The molecule has 1 aliphatic rings. The van der Waals surface area contributed by atoms with Crippen molar-refractivity contribution in [3.05, 3.63) is 114 Å². The van der Waals surface area contributed by atoms with Crippen LogP contribution in [0.1, 0.15) is 36.6 Å². The minimum absolute atomic E-state index is 0.296. The molecule has 1 saturated heterocycles. The quantitative estimate of drug-likeness (QED) is 0.417. The van der Waals surface area contributed by atoms with Crippen LogP contribution in [0.25, 0.3) is 0 Å². The Hall–Kier alpha value is -3.86. The van der Waals surface area contributed by atoms with Gasteiger partial charge in [-0.1, -0.05) is 79.4 Å². The van der Waals surface area contributed by atoms with Crippen molar-refractivity contribution < 1.29 is 14.3 Å². The Morgan fingerprint density at radius 1 is 0.938 bits per heavy atom. The molecular formula is C27H26N2O3. The second-order valence-electron chi connectivity index (χ2n) is 8.22. The summed E-state index contributed by atoms with van der Waals surface area (Å²) in [7, 11) is 0. The zero-order valence-electron chi connectivity index (χ0n) is 18.2. The van der Waals surface area contributed by atoms with E-state index in [0.717, 1.165) is 16.7 Å². The number of amides is 3. The van der Waals surface area contributed by atoms with Gasteiger partial charge in [-0.05, 0) is 48.2 Å². The van der Waals surface area contributed by atoms with Gasteiger partial charge in [-0.25, -0.2) is 4.79 Å². The van der Waals surface area contributed by atoms with Crippen LogP contribution in [-0.2, 0) is 10.3 Å². The van der Waals surface area contributed by atoms with Crippen molar-refractivity contribution in [2.75, 3.05) is 6.61 Å². The van der Waals surface area contributed by atoms with Gasteiger partial charge >= 0.3 is 6.03 Å². The second kappa shape index (κ2) is 8.71. The van der Waals surface area contributed by atoms with Crippen LogP contribution in [-0.4, -0.2) is 23.4 Å². The Balaban J connectivity index is 1.68. The normalized spacial score (nSPS) is 18.0. The molecule has 5 nitrogen and oxygen atoms in total. The number of hydrogen-bond acceptors (Lipinski definition) is 3. The van der Waals surface area contributed by atoms with Crippen molar-refractivity contribution in [1.82, 2.24) is 10.2 Å². The Labute approximate surface area is 188 Å². The standard InChI is InChI=1S/C27H26N2O3/c1-19(2)18-32-23-16-14-22(15-17-23)27(3)25(30)29(26(31)28-27)24(20-10-6-4-7-11-20)21-12-8-5-9-13-21/h4-17,24H,1,18H2,2-3H3,(H,28,31). The second-order valence-corrected chi connectivity index (χ2v) is 8.22. The molecule has 3 aromatic carbocycles. The van der Waals surface area contributed by atoms with Crippen LogP contribution in [0, 0.1) is 0 Å². The minimum Gasteiger partial charge on any atom is -0.489 e. The van der Waals surface area contributed by atoms with E-state index in [9.17, 15) is 9.59 Å². The van der Waals surface area contributed by atoms with Crippen molar-refractivity contribution in [2.24, 2.45) is 0 Å². The largest absolute Gasteiger partial charge is 0.489 e. The number of urea groups is 1. The van der Waals surface area contributed by atoms with Gasteiger partial charge in [0, 0.05) is 0 Å². The number of hydrogen-bond donors (Lipinski definition) is 1. The van der Waals surface area contributed by atoms with Gasteiger partial charge in [0.2, 0.25) is 0 Å². The molecule has 1 heterocycles. The highest BCUT2D eigenvalue weighted by atomic mass is 16.5. The minimum atomic E-state index is -1.17. The lowest BCUT2D eigenvalue weighted by atomic mass is 9.90. The Morgan fingerprint density at radius 3 is 1.97 bits per heavy atom. The predicted molar refractivity (Wildman–Crippen MR) is 124 cm³/mol. The molecule has 1 atom stereocenters. The average molecular weight is 427 g/mol. The summed E-state index contributed by atoms with van der Waals surface area (Å²) in [5.41, 5.74) is 2.18.